The van der Waals surface area contributed by atoms with E-state index in [1.54, 1.807) is 37.4 Å². The van der Waals surface area contributed by atoms with Crippen molar-refractivity contribution in [1.82, 2.24) is 4.98 Å². The van der Waals surface area contributed by atoms with E-state index in [1.807, 2.05) is 12.1 Å². The second-order valence-electron chi connectivity index (χ2n) is 4.35. The van der Waals surface area contributed by atoms with Crippen molar-refractivity contribution < 1.29 is 9.90 Å². The molecule has 1 aromatic carbocycles. The fourth-order valence-electron chi connectivity index (χ4n) is 1.84. The summed E-state index contributed by atoms with van der Waals surface area (Å²) in [5.41, 5.74) is 1.15. The maximum absolute atomic E-state index is 12.3. The molecular weight excluding hydrogens is 276 g/mol. The van der Waals surface area contributed by atoms with Gasteiger partial charge in [0.05, 0.1) is 17.9 Å². The Kier molecular flexibility index (Phi) is 4.58. The molecule has 1 N–H and O–H groups in total. The molecule has 1 amide bonds. The van der Waals surface area contributed by atoms with Gasteiger partial charge in [0.1, 0.15) is 11.1 Å². The lowest BCUT2D eigenvalue weighted by molar-refractivity contribution is -0.118. The predicted molar refractivity (Wildman–Crippen MR) is 78.8 cm³/mol. The summed E-state index contributed by atoms with van der Waals surface area (Å²) >= 11 is 5.90. The number of hydrogen-bond donors (Lipinski definition) is 1. The highest BCUT2D eigenvalue weighted by Crippen LogP contribution is 2.28. The lowest BCUT2D eigenvalue weighted by atomic mass is 10.2. The molecule has 0 aliphatic rings. The van der Waals surface area contributed by atoms with Crippen LogP contribution in [0.15, 0.2) is 48.7 Å². The third kappa shape index (κ3) is 3.27. The molecule has 0 saturated carbocycles. The number of aromatic hydroxyl groups is 1. The van der Waals surface area contributed by atoms with Crippen LogP contribution < -0.4 is 4.90 Å². The van der Waals surface area contributed by atoms with E-state index in [-0.39, 0.29) is 18.2 Å². The van der Waals surface area contributed by atoms with E-state index in [0.29, 0.717) is 5.69 Å². The Morgan fingerprint density at radius 1 is 1.30 bits per heavy atom. The zero-order chi connectivity index (χ0) is 14.5. The number of rotatable bonds is 4. The van der Waals surface area contributed by atoms with Crippen molar-refractivity contribution in [2.24, 2.45) is 0 Å². The van der Waals surface area contributed by atoms with Gasteiger partial charge in [-0.1, -0.05) is 18.2 Å². The van der Waals surface area contributed by atoms with Crippen molar-refractivity contribution >= 4 is 23.2 Å². The standard InChI is InChI=1S/C15H15ClN2O2/c1-11(16)15(20)18(10-12-6-4-5-9-17-12)13-7-2-3-8-14(13)19/h2-9,11,19H,10H2,1H3. The van der Waals surface area contributed by atoms with Crippen LogP contribution >= 0.6 is 11.6 Å². The molecule has 104 valence electrons. The Hall–Kier alpha value is -2.07. The van der Waals surface area contributed by atoms with Crippen LogP contribution in [0.25, 0.3) is 0 Å². The lowest BCUT2D eigenvalue weighted by Crippen LogP contribution is -2.35. The molecule has 1 heterocycles. The first-order chi connectivity index (χ1) is 9.59. The van der Waals surface area contributed by atoms with Crippen LogP contribution in [0.2, 0.25) is 0 Å². The summed E-state index contributed by atoms with van der Waals surface area (Å²) in [5, 5.41) is 9.25. The topological polar surface area (TPSA) is 53.4 Å². The Balaban J connectivity index is 2.35. The van der Waals surface area contributed by atoms with E-state index in [0.717, 1.165) is 5.69 Å². The van der Waals surface area contributed by atoms with Crippen LogP contribution in [0.1, 0.15) is 12.6 Å². The van der Waals surface area contributed by atoms with E-state index < -0.39 is 5.38 Å². The van der Waals surface area contributed by atoms with Crippen molar-refractivity contribution in [3.63, 3.8) is 0 Å². The zero-order valence-electron chi connectivity index (χ0n) is 11.0. The minimum absolute atomic E-state index is 0.0362. The number of anilines is 1. The molecular formula is C15H15ClN2O2. The number of carbonyl (C=O) groups is 1. The molecule has 0 aliphatic heterocycles. The molecule has 0 spiro atoms. The maximum Gasteiger partial charge on any atom is 0.245 e. The fourth-order valence-corrected chi connectivity index (χ4v) is 1.96. The van der Waals surface area contributed by atoms with Crippen LogP contribution in [0.3, 0.4) is 0 Å². The van der Waals surface area contributed by atoms with Gasteiger partial charge in [-0.2, -0.15) is 0 Å². The largest absolute Gasteiger partial charge is 0.506 e. The smallest absolute Gasteiger partial charge is 0.245 e. The zero-order valence-corrected chi connectivity index (χ0v) is 11.8. The number of nitrogens with zero attached hydrogens (tertiary/aromatic N) is 2. The van der Waals surface area contributed by atoms with E-state index in [2.05, 4.69) is 4.98 Å². The highest BCUT2D eigenvalue weighted by molar-refractivity contribution is 6.32. The number of halogens is 1. The molecule has 20 heavy (non-hydrogen) atoms. The van der Waals surface area contributed by atoms with Gasteiger partial charge >= 0.3 is 0 Å². The van der Waals surface area contributed by atoms with Crippen molar-refractivity contribution in [3.05, 3.63) is 54.4 Å². The summed E-state index contributed by atoms with van der Waals surface area (Å²) in [6.07, 6.45) is 1.66. The molecule has 0 bridgehead atoms. The Labute approximate surface area is 122 Å². The van der Waals surface area contributed by atoms with Crippen molar-refractivity contribution in [2.75, 3.05) is 4.90 Å². The van der Waals surface area contributed by atoms with E-state index in [4.69, 9.17) is 11.6 Å². The van der Waals surface area contributed by atoms with Crippen molar-refractivity contribution in [3.8, 4) is 5.75 Å². The number of phenolic OH excluding ortho intramolecular Hbond substituents is 1. The van der Waals surface area contributed by atoms with Gasteiger partial charge in [-0.05, 0) is 31.2 Å². The number of amides is 1. The highest BCUT2D eigenvalue weighted by atomic mass is 35.5. The monoisotopic (exact) mass is 290 g/mol. The van der Waals surface area contributed by atoms with Gasteiger partial charge in [-0.3, -0.25) is 9.78 Å². The first-order valence-corrected chi connectivity index (χ1v) is 6.66. The number of alkyl halides is 1. The molecule has 5 heteroatoms. The summed E-state index contributed by atoms with van der Waals surface area (Å²) in [6.45, 7) is 1.86. The highest BCUT2D eigenvalue weighted by Gasteiger charge is 2.23. The van der Waals surface area contributed by atoms with Gasteiger partial charge in [0, 0.05) is 6.20 Å². The number of para-hydroxylation sites is 2. The van der Waals surface area contributed by atoms with Crippen LogP contribution in [-0.2, 0) is 11.3 Å². The SMILES string of the molecule is CC(Cl)C(=O)N(Cc1ccccn1)c1ccccc1O. The molecule has 0 fully saturated rings. The average Bonchev–Trinajstić information content (AvgIpc) is 2.46. The maximum atomic E-state index is 12.3. The molecule has 1 unspecified atom stereocenters. The average molecular weight is 291 g/mol. The van der Waals surface area contributed by atoms with Gasteiger partial charge in [0.15, 0.2) is 0 Å². The fraction of sp³-hybridized carbons (Fsp3) is 0.200. The number of benzene rings is 1. The molecule has 1 aromatic heterocycles. The third-order valence-electron chi connectivity index (χ3n) is 2.83. The van der Waals surface area contributed by atoms with Crippen LogP contribution in [0, 0.1) is 0 Å². The summed E-state index contributed by atoms with van der Waals surface area (Å²) in [5.74, 6) is -0.243. The van der Waals surface area contributed by atoms with Crippen molar-refractivity contribution in [2.45, 2.75) is 18.8 Å². The van der Waals surface area contributed by atoms with Gasteiger partial charge in [0.25, 0.3) is 0 Å². The van der Waals surface area contributed by atoms with Crippen LogP contribution in [0.4, 0.5) is 5.69 Å². The van der Waals surface area contributed by atoms with E-state index >= 15 is 0 Å². The Morgan fingerprint density at radius 2 is 2.00 bits per heavy atom. The van der Waals surface area contributed by atoms with Gasteiger partial charge in [-0.25, -0.2) is 0 Å². The van der Waals surface area contributed by atoms with E-state index in [9.17, 15) is 9.90 Å². The van der Waals surface area contributed by atoms with Crippen LogP contribution in [-0.4, -0.2) is 21.4 Å². The molecule has 4 nitrogen and oxygen atoms in total. The molecule has 0 saturated heterocycles. The molecule has 2 aromatic rings. The normalized spacial score (nSPS) is 11.9. The first-order valence-electron chi connectivity index (χ1n) is 6.23. The van der Waals surface area contributed by atoms with Crippen molar-refractivity contribution in [1.29, 1.82) is 0 Å². The summed E-state index contributed by atoms with van der Waals surface area (Å²) in [6, 6.07) is 12.1. The molecule has 2 rings (SSSR count). The van der Waals surface area contributed by atoms with Gasteiger partial charge in [0.2, 0.25) is 5.91 Å². The molecule has 0 aliphatic carbocycles. The van der Waals surface area contributed by atoms with Gasteiger partial charge in [-0.15, -0.1) is 11.6 Å². The number of hydrogen-bond acceptors (Lipinski definition) is 3. The quantitative estimate of drug-likeness (QED) is 0.881. The Bertz CT molecular complexity index is 587. The first kappa shape index (κ1) is 14.3. The second-order valence-corrected chi connectivity index (χ2v) is 5.00. The minimum atomic E-state index is -0.682. The summed E-state index contributed by atoms with van der Waals surface area (Å²) < 4.78 is 0. The van der Waals surface area contributed by atoms with E-state index in [1.165, 1.54) is 11.0 Å². The molecule has 0 radical (unpaired) electrons. The predicted octanol–water partition coefficient (Wildman–Crippen LogP) is 2.95. The Morgan fingerprint density at radius 3 is 2.60 bits per heavy atom. The number of carbonyl (C=O) groups excluding carboxylic acids is 1. The lowest BCUT2D eigenvalue weighted by Gasteiger charge is -2.24. The minimum Gasteiger partial charge on any atom is -0.506 e. The summed E-state index contributed by atoms with van der Waals surface area (Å²) in [7, 11) is 0. The number of aromatic nitrogens is 1. The number of phenols is 1. The summed E-state index contributed by atoms with van der Waals surface area (Å²) in [4.78, 5) is 17.9. The van der Waals surface area contributed by atoms with Gasteiger partial charge < -0.3 is 10.0 Å². The number of pyridine rings is 1. The second kappa shape index (κ2) is 6.39. The third-order valence-corrected chi connectivity index (χ3v) is 3.01. The molecule has 1 atom stereocenters. The van der Waals surface area contributed by atoms with Crippen LogP contribution in [0.5, 0.6) is 5.75 Å².